The van der Waals surface area contributed by atoms with Crippen molar-refractivity contribution in [2.24, 2.45) is 35.0 Å². The van der Waals surface area contributed by atoms with Gasteiger partial charge in [0.15, 0.2) is 0 Å². The average Bonchev–Trinajstić information content (AvgIpc) is 3.05. The SMILES string of the molecule is C=C1/C(=C\C=C2/CCC[C@]3(C)[C@@H]([C@H](C)CCCC(C)C)CC[C@@H]23)C[C@@H](O)CC1CC. The van der Waals surface area contributed by atoms with E-state index in [2.05, 4.69) is 53.3 Å². The van der Waals surface area contributed by atoms with Crippen molar-refractivity contribution < 1.29 is 5.11 Å². The Bertz CT molecular complexity index is 653. The third kappa shape index (κ3) is 5.14. The normalized spacial score (nSPS) is 38.4. The van der Waals surface area contributed by atoms with Crippen LogP contribution in [0.1, 0.15) is 105 Å². The minimum absolute atomic E-state index is 0.190. The molecule has 0 aromatic heterocycles. The second-order valence-electron chi connectivity index (χ2n) is 11.6. The third-order valence-corrected chi connectivity index (χ3v) is 9.07. The van der Waals surface area contributed by atoms with Gasteiger partial charge in [-0.05, 0) is 97.5 Å². The molecular weight excluding hydrogens is 364 g/mol. The van der Waals surface area contributed by atoms with Gasteiger partial charge in [0.05, 0.1) is 6.10 Å². The maximum Gasteiger partial charge on any atom is 0.0586 e. The molecule has 30 heavy (non-hydrogen) atoms. The molecule has 3 aliphatic carbocycles. The second kappa shape index (κ2) is 10.2. The molecule has 1 heteroatoms. The van der Waals surface area contributed by atoms with Gasteiger partial charge in [-0.3, -0.25) is 0 Å². The fraction of sp³-hybridized carbons (Fsp3) is 0.793. The first-order chi connectivity index (χ1) is 14.3. The number of allylic oxidation sites excluding steroid dienone is 4. The van der Waals surface area contributed by atoms with Gasteiger partial charge in [0.1, 0.15) is 0 Å². The van der Waals surface area contributed by atoms with E-state index in [-0.39, 0.29) is 6.10 Å². The summed E-state index contributed by atoms with van der Waals surface area (Å²) in [6, 6.07) is 0. The lowest BCUT2D eigenvalue weighted by molar-refractivity contribution is 0.0928. The van der Waals surface area contributed by atoms with E-state index in [4.69, 9.17) is 0 Å². The summed E-state index contributed by atoms with van der Waals surface area (Å²) in [5, 5.41) is 10.3. The van der Waals surface area contributed by atoms with E-state index in [1.54, 1.807) is 5.57 Å². The number of aliphatic hydroxyl groups is 1. The van der Waals surface area contributed by atoms with Crippen LogP contribution in [0, 0.1) is 35.0 Å². The molecule has 0 bridgehead atoms. The highest BCUT2D eigenvalue weighted by atomic mass is 16.3. The highest BCUT2D eigenvalue weighted by molar-refractivity contribution is 5.38. The van der Waals surface area contributed by atoms with Crippen molar-refractivity contribution in [3.63, 3.8) is 0 Å². The third-order valence-electron chi connectivity index (χ3n) is 9.07. The van der Waals surface area contributed by atoms with Crippen LogP contribution in [-0.2, 0) is 0 Å². The zero-order valence-corrected chi connectivity index (χ0v) is 20.6. The Morgan fingerprint density at radius 2 is 1.93 bits per heavy atom. The molecular formula is C29H48O. The monoisotopic (exact) mass is 412 g/mol. The number of fused-ring (bicyclic) bond motifs is 1. The zero-order valence-electron chi connectivity index (χ0n) is 20.6. The molecule has 1 nitrogen and oxygen atoms in total. The lowest BCUT2D eigenvalue weighted by Gasteiger charge is -2.44. The van der Waals surface area contributed by atoms with Gasteiger partial charge < -0.3 is 5.11 Å². The highest BCUT2D eigenvalue weighted by Gasteiger charge is 2.50. The molecule has 0 spiro atoms. The van der Waals surface area contributed by atoms with Crippen molar-refractivity contribution in [1.82, 2.24) is 0 Å². The summed E-state index contributed by atoms with van der Waals surface area (Å²) in [6.07, 6.45) is 18.4. The number of rotatable bonds is 7. The number of hydrogen-bond acceptors (Lipinski definition) is 1. The van der Waals surface area contributed by atoms with Gasteiger partial charge in [-0.2, -0.15) is 0 Å². The van der Waals surface area contributed by atoms with Gasteiger partial charge in [0.25, 0.3) is 0 Å². The van der Waals surface area contributed by atoms with E-state index >= 15 is 0 Å². The van der Waals surface area contributed by atoms with E-state index in [1.165, 1.54) is 62.5 Å². The molecule has 3 fully saturated rings. The summed E-state index contributed by atoms with van der Waals surface area (Å²) < 4.78 is 0. The van der Waals surface area contributed by atoms with Crippen LogP contribution in [0.4, 0.5) is 0 Å². The average molecular weight is 413 g/mol. The van der Waals surface area contributed by atoms with E-state index in [9.17, 15) is 5.11 Å². The molecule has 0 heterocycles. The van der Waals surface area contributed by atoms with Crippen LogP contribution in [0.5, 0.6) is 0 Å². The Kier molecular flexibility index (Phi) is 8.10. The largest absolute Gasteiger partial charge is 0.393 e. The Hall–Kier alpha value is -0.820. The highest BCUT2D eigenvalue weighted by Crippen LogP contribution is 2.60. The van der Waals surface area contributed by atoms with Gasteiger partial charge in [-0.15, -0.1) is 0 Å². The first-order valence-corrected chi connectivity index (χ1v) is 13.0. The minimum Gasteiger partial charge on any atom is -0.393 e. The molecule has 3 saturated carbocycles. The minimum atomic E-state index is -0.190. The summed E-state index contributed by atoms with van der Waals surface area (Å²) in [6.45, 7) is 16.5. The van der Waals surface area contributed by atoms with Crippen LogP contribution >= 0.6 is 0 Å². The van der Waals surface area contributed by atoms with Crippen molar-refractivity contribution in [1.29, 1.82) is 0 Å². The molecule has 0 amide bonds. The van der Waals surface area contributed by atoms with Crippen molar-refractivity contribution in [3.05, 3.63) is 35.5 Å². The molecule has 1 N–H and O–H groups in total. The van der Waals surface area contributed by atoms with Crippen LogP contribution in [0.2, 0.25) is 0 Å². The van der Waals surface area contributed by atoms with Crippen molar-refractivity contribution in [2.45, 2.75) is 111 Å². The topological polar surface area (TPSA) is 20.2 Å². The van der Waals surface area contributed by atoms with Gasteiger partial charge in [-0.25, -0.2) is 0 Å². The molecule has 0 aromatic carbocycles. The molecule has 3 rings (SSSR count). The first kappa shape index (κ1) is 23.8. The quantitative estimate of drug-likeness (QED) is 0.446. The maximum absolute atomic E-state index is 10.3. The Labute approximate surface area is 187 Å². The van der Waals surface area contributed by atoms with E-state index in [0.717, 1.165) is 42.9 Å². The fourth-order valence-corrected chi connectivity index (χ4v) is 7.26. The molecule has 0 saturated heterocycles. The predicted octanol–water partition coefficient (Wildman–Crippen LogP) is 8.26. The molecule has 0 aromatic rings. The lowest BCUT2D eigenvalue weighted by Crippen LogP contribution is -2.36. The fourth-order valence-electron chi connectivity index (χ4n) is 7.26. The Morgan fingerprint density at radius 1 is 1.17 bits per heavy atom. The van der Waals surface area contributed by atoms with Crippen LogP contribution in [-0.4, -0.2) is 11.2 Å². The molecule has 0 aliphatic heterocycles. The summed E-state index contributed by atoms with van der Waals surface area (Å²) >= 11 is 0. The Morgan fingerprint density at radius 3 is 2.63 bits per heavy atom. The van der Waals surface area contributed by atoms with Gasteiger partial charge in [0, 0.05) is 0 Å². The van der Waals surface area contributed by atoms with Crippen molar-refractivity contribution in [2.75, 3.05) is 0 Å². The second-order valence-corrected chi connectivity index (χ2v) is 11.6. The molecule has 3 aliphatic rings. The molecule has 1 unspecified atom stereocenters. The van der Waals surface area contributed by atoms with E-state index in [0.29, 0.717) is 11.3 Å². The molecule has 0 radical (unpaired) electrons. The van der Waals surface area contributed by atoms with Crippen LogP contribution in [0.15, 0.2) is 35.5 Å². The molecule has 170 valence electrons. The summed E-state index contributed by atoms with van der Waals surface area (Å²) in [7, 11) is 0. The van der Waals surface area contributed by atoms with Crippen LogP contribution < -0.4 is 0 Å². The van der Waals surface area contributed by atoms with Crippen molar-refractivity contribution in [3.8, 4) is 0 Å². The summed E-state index contributed by atoms with van der Waals surface area (Å²) in [4.78, 5) is 0. The first-order valence-electron chi connectivity index (χ1n) is 13.0. The smallest absolute Gasteiger partial charge is 0.0586 e. The van der Waals surface area contributed by atoms with Crippen LogP contribution in [0.25, 0.3) is 0 Å². The Balaban J connectivity index is 1.72. The van der Waals surface area contributed by atoms with Crippen LogP contribution in [0.3, 0.4) is 0 Å². The molecule has 6 atom stereocenters. The standard InChI is InChI=1S/C29H48O/c1-7-23-18-26(30)19-25(22(23)5)14-13-24-12-9-17-29(6)27(15-16-28(24)29)21(4)11-8-10-20(2)3/h13-14,20-21,23,26-28,30H,5,7-12,15-19H2,1-4,6H3/b24-13+,25-14-/t21-,23?,26+,27-,28+,29-/m1/s1. The number of hydrogen-bond donors (Lipinski definition) is 1. The lowest BCUT2D eigenvalue weighted by atomic mass is 9.60. The van der Waals surface area contributed by atoms with Crippen molar-refractivity contribution >= 4 is 0 Å². The van der Waals surface area contributed by atoms with Gasteiger partial charge >= 0.3 is 0 Å². The zero-order chi connectivity index (χ0) is 21.9. The predicted molar refractivity (Wildman–Crippen MR) is 130 cm³/mol. The summed E-state index contributed by atoms with van der Waals surface area (Å²) in [5.41, 5.74) is 4.77. The summed E-state index contributed by atoms with van der Waals surface area (Å²) in [5.74, 6) is 3.81. The van der Waals surface area contributed by atoms with E-state index < -0.39 is 0 Å². The number of aliphatic hydroxyl groups excluding tert-OH is 1. The van der Waals surface area contributed by atoms with Gasteiger partial charge in [-0.1, -0.05) is 78.2 Å². The van der Waals surface area contributed by atoms with E-state index in [1.807, 2.05) is 0 Å². The maximum atomic E-state index is 10.3. The van der Waals surface area contributed by atoms with Gasteiger partial charge in [0.2, 0.25) is 0 Å².